The number of amides is 1. The van der Waals surface area contributed by atoms with E-state index in [0.717, 1.165) is 0 Å². The van der Waals surface area contributed by atoms with Crippen molar-refractivity contribution in [3.63, 3.8) is 0 Å². The van der Waals surface area contributed by atoms with Crippen LogP contribution in [0.3, 0.4) is 0 Å². The maximum atomic E-state index is 12.3. The van der Waals surface area contributed by atoms with Crippen LogP contribution in [0.25, 0.3) is 0 Å². The molecule has 2 rings (SSSR count). The molecule has 2 aromatic rings. The zero-order valence-electron chi connectivity index (χ0n) is 11.7. The number of alkyl halides is 2. The predicted octanol–water partition coefficient (Wildman–Crippen LogP) is 3.38. The molecule has 0 unspecified atom stereocenters. The third-order valence-electron chi connectivity index (χ3n) is 2.92. The molecule has 0 aliphatic carbocycles. The second-order valence-corrected chi connectivity index (χ2v) is 4.49. The summed E-state index contributed by atoms with van der Waals surface area (Å²) in [6.45, 7) is -3.02. The number of para-hydroxylation sites is 3. The molecule has 0 aliphatic heterocycles. The Morgan fingerprint density at radius 3 is 2.52 bits per heavy atom. The number of nitro groups is 1. The number of ether oxygens (including phenoxy) is 1. The van der Waals surface area contributed by atoms with Gasteiger partial charge in [0.25, 0.3) is 5.69 Å². The number of halogens is 2. The van der Waals surface area contributed by atoms with Gasteiger partial charge in [0.05, 0.1) is 17.0 Å². The van der Waals surface area contributed by atoms with Crippen molar-refractivity contribution in [3.05, 3.63) is 64.2 Å². The van der Waals surface area contributed by atoms with E-state index < -0.39 is 17.4 Å². The Labute approximate surface area is 129 Å². The normalized spacial score (nSPS) is 10.4. The summed E-state index contributed by atoms with van der Waals surface area (Å²) in [7, 11) is 0. The third kappa shape index (κ3) is 4.47. The Kier molecular flexibility index (Phi) is 5.19. The Bertz CT molecular complexity index is 722. The minimum absolute atomic E-state index is 0.0661. The van der Waals surface area contributed by atoms with Crippen LogP contribution in [0.4, 0.5) is 20.2 Å². The molecule has 0 spiro atoms. The Balaban J connectivity index is 2.13. The van der Waals surface area contributed by atoms with E-state index in [9.17, 15) is 23.7 Å². The first-order chi connectivity index (χ1) is 11.0. The highest BCUT2D eigenvalue weighted by Crippen LogP contribution is 2.26. The quantitative estimate of drug-likeness (QED) is 0.653. The van der Waals surface area contributed by atoms with Crippen molar-refractivity contribution in [3.8, 4) is 5.75 Å². The van der Waals surface area contributed by atoms with Crippen LogP contribution in [0.15, 0.2) is 48.5 Å². The molecular formula is C15H12F2N2O4. The lowest BCUT2D eigenvalue weighted by Crippen LogP contribution is -2.16. The van der Waals surface area contributed by atoms with Crippen molar-refractivity contribution in [1.82, 2.24) is 0 Å². The summed E-state index contributed by atoms with van der Waals surface area (Å²) in [5, 5.41) is 13.3. The van der Waals surface area contributed by atoms with E-state index in [1.807, 2.05) is 0 Å². The molecule has 1 amide bonds. The van der Waals surface area contributed by atoms with Crippen LogP contribution in [0, 0.1) is 10.1 Å². The summed E-state index contributed by atoms with van der Waals surface area (Å²) < 4.78 is 28.9. The van der Waals surface area contributed by atoms with E-state index in [-0.39, 0.29) is 29.1 Å². The van der Waals surface area contributed by atoms with Crippen molar-refractivity contribution in [2.75, 3.05) is 5.32 Å². The van der Waals surface area contributed by atoms with E-state index in [0.29, 0.717) is 0 Å². The van der Waals surface area contributed by atoms with Gasteiger partial charge in [-0.3, -0.25) is 14.9 Å². The van der Waals surface area contributed by atoms with Crippen molar-refractivity contribution >= 4 is 17.3 Å². The number of rotatable bonds is 6. The second-order valence-electron chi connectivity index (χ2n) is 4.49. The molecule has 8 heteroatoms. The van der Waals surface area contributed by atoms with Crippen LogP contribution in [-0.4, -0.2) is 17.4 Å². The number of nitro benzene ring substituents is 1. The van der Waals surface area contributed by atoms with E-state index in [2.05, 4.69) is 10.1 Å². The topological polar surface area (TPSA) is 81.5 Å². The molecule has 1 N–H and O–H groups in total. The van der Waals surface area contributed by atoms with Gasteiger partial charge >= 0.3 is 6.61 Å². The summed E-state index contributed by atoms with van der Waals surface area (Å²) in [6, 6.07) is 11.5. The predicted molar refractivity (Wildman–Crippen MR) is 78.5 cm³/mol. The number of anilines is 1. The Morgan fingerprint density at radius 1 is 1.17 bits per heavy atom. The molecular weight excluding hydrogens is 310 g/mol. The highest BCUT2D eigenvalue weighted by molar-refractivity contribution is 5.94. The number of carbonyl (C=O) groups is 1. The lowest BCUT2D eigenvalue weighted by atomic mass is 10.1. The minimum Gasteiger partial charge on any atom is -0.433 e. The second kappa shape index (κ2) is 7.30. The average molecular weight is 322 g/mol. The molecule has 0 radical (unpaired) electrons. The van der Waals surface area contributed by atoms with Gasteiger partial charge in [0.1, 0.15) is 5.75 Å². The van der Waals surface area contributed by atoms with Gasteiger partial charge in [-0.05, 0) is 12.1 Å². The fraction of sp³-hybridized carbons (Fsp3) is 0.133. The van der Waals surface area contributed by atoms with Gasteiger partial charge in [0.2, 0.25) is 5.91 Å². The lowest BCUT2D eigenvalue weighted by molar-refractivity contribution is -0.385. The van der Waals surface area contributed by atoms with Crippen LogP contribution in [0.5, 0.6) is 5.75 Å². The molecule has 2 aromatic carbocycles. The lowest BCUT2D eigenvalue weighted by Gasteiger charge is -2.11. The van der Waals surface area contributed by atoms with E-state index >= 15 is 0 Å². The molecule has 0 saturated carbocycles. The Morgan fingerprint density at radius 2 is 1.83 bits per heavy atom. The van der Waals surface area contributed by atoms with Crippen molar-refractivity contribution in [1.29, 1.82) is 0 Å². The number of carbonyl (C=O) groups excluding carboxylic acids is 1. The van der Waals surface area contributed by atoms with Crippen LogP contribution in [0.1, 0.15) is 5.56 Å². The molecule has 0 saturated heterocycles. The van der Waals surface area contributed by atoms with Crippen LogP contribution in [0.2, 0.25) is 0 Å². The number of hydrogen-bond donors (Lipinski definition) is 1. The molecule has 0 aromatic heterocycles. The first kappa shape index (κ1) is 16.3. The van der Waals surface area contributed by atoms with Crippen LogP contribution in [-0.2, 0) is 11.2 Å². The maximum Gasteiger partial charge on any atom is 0.387 e. The van der Waals surface area contributed by atoms with Crippen molar-refractivity contribution in [2.24, 2.45) is 0 Å². The molecule has 0 fully saturated rings. The Hall–Kier alpha value is -3.03. The minimum atomic E-state index is -3.02. The van der Waals surface area contributed by atoms with Crippen molar-refractivity contribution in [2.45, 2.75) is 13.0 Å². The summed E-state index contributed by atoms with van der Waals surface area (Å²) in [6.07, 6.45) is -0.264. The third-order valence-corrected chi connectivity index (χ3v) is 2.92. The number of benzene rings is 2. The summed E-state index contributed by atoms with van der Waals surface area (Å²) >= 11 is 0. The zero-order chi connectivity index (χ0) is 16.8. The smallest absolute Gasteiger partial charge is 0.387 e. The van der Waals surface area contributed by atoms with E-state index in [1.165, 1.54) is 36.4 Å². The van der Waals surface area contributed by atoms with E-state index in [4.69, 9.17) is 0 Å². The van der Waals surface area contributed by atoms with Crippen LogP contribution >= 0.6 is 0 Å². The highest BCUT2D eigenvalue weighted by Gasteiger charge is 2.17. The SMILES string of the molecule is O=C(Cc1ccccc1[N+](=O)[O-])Nc1ccccc1OC(F)F. The first-order valence-corrected chi connectivity index (χ1v) is 6.53. The maximum absolute atomic E-state index is 12.3. The summed E-state index contributed by atoms with van der Waals surface area (Å²) in [5.41, 5.74) is 0.110. The number of nitrogens with one attached hydrogen (secondary N) is 1. The average Bonchev–Trinajstić information content (AvgIpc) is 2.49. The van der Waals surface area contributed by atoms with Gasteiger partial charge in [-0.25, -0.2) is 0 Å². The van der Waals surface area contributed by atoms with Gasteiger partial charge < -0.3 is 10.1 Å². The monoisotopic (exact) mass is 322 g/mol. The summed E-state index contributed by atoms with van der Waals surface area (Å²) in [5.74, 6) is -0.761. The molecule has 23 heavy (non-hydrogen) atoms. The van der Waals surface area contributed by atoms with Crippen LogP contribution < -0.4 is 10.1 Å². The van der Waals surface area contributed by atoms with E-state index in [1.54, 1.807) is 12.1 Å². The van der Waals surface area contributed by atoms with Gasteiger partial charge in [0, 0.05) is 11.6 Å². The first-order valence-electron chi connectivity index (χ1n) is 6.53. The fourth-order valence-corrected chi connectivity index (χ4v) is 1.97. The summed E-state index contributed by atoms with van der Waals surface area (Å²) in [4.78, 5) is 22.3. The highest BCUT2D eigenvalue weighted by atomic mass is 19.3. The van der Waals surface area contributed by atoms with Gasteiger partial charge in [-0.2, -0.15) is 8.78 Å². The van der Waals surface area contributed by atoms with Crippen molar-refractivity contribution < 1.29 is 23.2 Å². The molecule has 0 heterocycles. The zero-order valence-corrected chi connectivity index (χ0v) is 11.7. The number of nitrogens with zero attached hydrogens (tertiary/aromatic N) is 1. The molecule has 0 aliphatic rings. The van der Waals surface area contributed by atoms with Gasteiger partial charge in [-0.1, -0.05) is 30.3 Å². The molecule has 6 nitrogen and oxygen atoms in total. The number of hydrogen-bond acceptors (Lipinski definition) is 4. The van der Waals surface area contributed by atoms with Gasteiger partial charge in [-0.15, -0.1) is 0 Å². The van der Waals surface area contributed by atoms with Gasteiger partial charge in [0.15, 0.2) is 0 Å². The fourth-order valence-electron chi connectivity index (χ4n) is 1.97. The molecule has 120 valence electrons. The standard InChI is InChI=1S/C15H12F2N2O4/c16-15(17)23-13-8-4-2-6-11(13)18-14(20)9-10-5-1-3-7-12(10)19(21)22/h1-8,15H,9H2,(H,18,20). The molecule has 0 atom stereocenters. The molecule has 0 bridgehead atoms. The largest absolute Gasteiger partial charge is 0.433 e.